The fourth-order valence-corrected chi connectivity index (χ4v) is 3.21. The number of benzene rings is 1. The van der Waals surface area contributed by atoms with E-state index in [2.05, 4.69) is 24.8 Å². The third-order valence-corrected chi connectivity index (χ3v) is 4.87. The number of rotatable bonds is 7. The number of hydrogen-bond donors (Lipinski definition) is 1. The number of ether oxygens (including phenoxy) is 1. The average Bonchev–Trinajstić information content (AvgIpc) is 2.74. The first-order valence-electron chi connectivity index (χ1n) is 9.47. The number of esters is 1. The minimum atomic E-state index is -0.277. The van der Waals surface area contributed by atoms with Gasteiger partial charge < -0.3 is 15.0 Å². The van der Waals surface area contributed by atoms with Crippen molar-refractivity contribution in [1.82, 2.24) is 9.88 Å². The largest absolute Gasteiger partial charge is 0.469 e. The van der Waals surface area contributed by atoms with Gasteiger partial charge in [-0.15, -0.1) is 24.8 Å². The monoisotopic (exact) mass is 454 g/mol. The van der Waals surface area contributed by atoms with Crippen LogP contribution in [0.1, 0.15) is 12.0 Å². The average molecular weight is 455 g/mol. The highest BCUT2D eigenvalue weighted by Gasteiger charge is 2.17. The molecule has 0 bridgehead atoms. The summed E-state index contributed by atoms with van der Waals surface area (Å²) in [7, 11) is 1.37. The molecule has 1 amide bonds. The lowest BCUT2D eigenvalue weighted by Gasteiger charge is -2.35. The first-order chi connectivity index (χ1) is 13.6. The lowest BCUT2D eigenvalue weighted by molar-refractivity contribution is -0.139. The van der Waals surface area contributed by atoms with E-state index < -0.39 is 0 Å². The molecular weight excluding hydrogens is 427 g/mol. The highest BCUT2D eigenvalue weighted by atomic mass is 35.5. The van der Waals surface area contributed by atoms with Crippen molar-refractivity contribution in [2.75, 3.05) is 50.1 Å². The third kappa shape index (κ3) is 7.82. The molecule has 9 heteroatoms. The summed E-state index contributed by atoms with van der Waals surface area (Å²) in [5.41, 5.74) is 2.79. The maximum absolute atomic E-state index is 12.2. The molecule has 3 rings (SSSR count). The van der Waals surface area contributed by atoms with Gasteiger partial charge in [-0.1, -0.05) is 12.1 Å². The van der Waals surface area contributed by atoms with Crippen molar-refractivity contribution in [3.63, 3.8) is 0 Å². The van der Waals surface area contributed by atoms with Crippen LogP contribution in [0.3, 0.4) is 0 Å². The van der Waals surface area contributed by atoms with Crippen LogP contribution in [0.4, 0.5) is 11.4 Å². The number of carbonyl (C=O) groups is 2. The molecule has 0 unspecified atom stereocenters. The molecule has 1 aromatic carbocycles. The van der Waals surface area contributed by atoms with Gasteiger partial charge in [0.15, 0.2) is 0 Å². The Balaban J connectivity index is 0.00000225. The summed E-state index contributed by atoms with van der Waals surface area (Å²) in [4.78, 5) is 32.2. The second kappa shape index (κ2) is 13.1. The number of anilines is 2. The number of carbonyl (C=O) groups excluding carboxylic acids is 2. The lowest BCUT2D eigenvalue weighted by atomic mass is 10.1. The number of aromatic nitrogens is 1. The number of halogens is 2. The zero-order valence-electron chi connectivity index (χ0n) is 17.0. The van der Waals surface area contributed by atoms with Crippen LogP contribution in [0.15, 0.2) is 48.8 Å². The molecule has 1 aromatic heterocycles. The van der Waals surface area contributed by atoms with E-state index in [4.69, 9.17) is 0 Å². The highest BCUT2D eigenvalue weighted by molar-refractivity contribution is 5.90. The van der Waals surface area contributed by atoms with E-state index in [0.29, 0.717) is 6.42 Å². The Hall–Kier alpha value is -2.35. The van der Waals surface area contributed by atoms with Gasteiger partial charge in [-0.25, -0.2) is 0 Å². The van der Waals surface area contributed by atoms with Crippen molar-refractivity contribution < 1.29 is 14.3 Å². The zero-order chi connectivity index (χ0) is 19.8. The van der Waals surface area contributed by atoms with Crippen LogP contribution in [0.2, 0.25) is 0 Å². The summed E-state index contributed by atoms with van der Waals surface area (Å²) in [6, 6.07) is 11.3. The summed E-state index contributed by atoms with van der Waals surface area (Å²) in [6.07, 6.45) is 4.32. The molecule has 0 aliphatic carbocycles. The van der Waals surface area contributed by atoms with Crippen LogP contribution in [0.5, 0.6) is 0 Å². The van der Waals surface area contributed by atoms with Crippen LogP contribution in [0, 0.1) is 0 Å². The quantitative estimate of drug-likeness (QED) is 0.648. The summed E-state index contributed by atoms with van der Waals surface area (Å²) in [6.45, 7) is 4.53. The topological polar surface area (TPSA) is 74.8 Å². The number of pyridine rings is 1. The van der Waals surface area contributed by atoms with Gasteiger partial charge in [-0.05, 0) is 29.8 Å². The smallest absolute Gasteiger partial charge is 0.309 e. The second-order valence-electron chi connectivity index (χ2n) is 6.78. The van der Waals surface area contributed by atoms with E-state index in [1.165, 1.54) is 12.8 Å². The van der Waals surface area contributed by atoms with Gasteiger partial charge in [0.1, 0.15) is 0 Å². The second-order valence-corrected chi connectivity index (χ2v) is 6.78. The Bertz CT molecular complexity index is 783. The Morgan fingerprint density at radius 1 is 1.00 bits per heavy atom. The van der Waals surface area contributed by atoms with Gasteiger partial charge in [-0.2, -0.15) is 0 Å². The van der Waals surface area contributed by atoms with Crippen LogP contribution >= 0.6 is 24.8 Å². The molecule has 1 aliphatic rings. The molecule has 1 fully saturated rings. The minimum absolute atomic E-state index is 0. The molecule has 0 saturated carbocycles. The van der Waals surface area contributed by atoms with Gasteiger partial charge in [-0.3, -0.25) is 19.5 Å². The molecule has 1 saturated heterocycles. The molecule has 1 N–H and O–H groups in total. The van der Waals surface area contributed by atoms with Crippen LogP contribution in [0.25, 0.3) is 0 Å². The van der Waals surface area contributed by atoms with E-state index in [-0.39, 0.29) is 43.1 Å². The summed E-state index contributed by atoms with van der Waals surface area (Å²) in [5, 5.41) is 2.91. The molecule has 164 valence electrons. The molecule has 30 heavy (non-hydrogen) atoms. The van der Waals surface area contributed by atoms with Gasteiger partial charge >= 0.3 is 5.97 Å². The van der Waals surface area contributed by atoms with Gasteiger partial charge in [0.05, 0.1) is 13.5 Å². The van der Waals surface area contributed by atoms with Crippen molar-refractivity contribution in [2.45, 2.75) is 12.8 Å². The number of nitrogens with one attached hydrogen (secondary N) is 1. The van der Waals surface area contributed by atoms with Gasteiger partial charge in [0.25, 0.3) is 0 Å². The maximum Gasteiger partial charge on any atom is 0.309 e. The Kier molecular flexibility index (Phi) is 11.2. The zero-order valence-corrected chi connectivity index (χ0v) is 18.6. The third-order valence-electron chi connectivity index (χ3n) is 4.87. The van der Waals surface area contributed by atoms with E-state index in [9.17, 15) is 9.59 Å². The van der Waals surface area contributed by atoms with Crippen molar-refractivity contribution >= 4 is 48.1 Å². The normalized spacial score (nSPS) is 13.6. The number of amides is 1. The minimum Gasteiger partial charge on any atom is -0.469 e. The summed E-state index contributed by atoms with van der Waals surface area (Å²) in [5.74, 6) is -0.280. The lowest BCUT2D eigenvalue weighted by Crippen LogP contribution is -2.47. The number of methoxy groups -OCH3 is 1. The van der Waals surface area contributed by atoms with Crippen molar-refractivity contribution in [1.29, 1.82) is 0 Å². The molecule has 7 nitrogen and oxygen atoms in total. The van der Waals surface area contributed by atoms with E-state index in [1.54, 1.807) is 0 Å². The predicted molar refractivity (Wildman–Crippen MR) is 123 cm³/mol. The fourth-order valence-electron chi connectivity index (χ4n) is 3.21. The molecule has 1 aliphatic heterocycles. The molecule has 0 atom stereocenters. The molecule has 0 radical (unpaired) electrons. The van der Waals surface area contributed by atoms with Crippen molar-refractivity contribution in [3.8, 4) is 0 Å². The molecule has 0 spiro atoms. The SMILES string of the molecule is COC(=O)Cc1ccc(NC(=O)CCN2CCN(c3ccncc3)CC2)cc1.Cl.Cl. The Morgan fingerprint density at radius 3 is 2.23 bits per heavy atom. The van der Waals surface area contributed by atoms with Gasteiger partial charge in [0.2, 0.25) is 5.91 Å². The fraction of sp³-hybridized carbons (Fsp3) is 0.381. The first-order valence-corrected chi connectivity index (χ1v) is 9.47. The van der Waals surface area contributed by atoms with E-state index >= 15 is 0 Å². The van der Waals surface area contributed by atoms with Crippen LogP contribution in [-0.2, 0) is 20.7 Å². The first kappa shape index (κ1) is 25.7. The highest BCUT2D eigenvalue weighted by Crippen LogP contribution is 2.15. The van der Waals surface area contributed by atoms with Gasteiger partial charge in [0, 0.05) is 62.9 Å². The number of nitrogens with zero attached hydrogens (tertiary/aromatic N) is 3. The standard InChI is InChI=1S/C21H26N4O3.2ClH/c1-28-21(27)16-17-2-4-18(5-3-17)23-20(26)8-11-24-12-14-25(15-13-24)19-6-9-22-10-7-19;;/h2-7,9-10H,8,11-16H2,1H3,(H,23,26);2*1H. The summed E-state index contributed by atoms with van der Waals surface area (Å²) < 4.78 is 4.65. The van der Waals surface area contributed by atoms with E-state index in [1.807, 2.05) is 48.8 Å². The number of hydrogen-bond acceptors (Lipinski definition) is 6. The Morgan fingerprint density at radius 2 is 1.63 bits per heavy atom. The van der Waals surface area contributed by atoms with Crippen molar-refractivity contribution in [3.05, 3.63) is 54.4 Å². The van der Waals surface area contributed by atoms with E-state index in [0.717, 1.165) is 44.0 Å². The van der Waals surface area contributed by atoms with Crippen LogP contribution < -0.4 is 10.2 Å². The molecule has 2 heterocycles. The molecular formula is C21H28Cl2N4O3. The molecule has 2 aromatic rings. The number of piperazine rings is 1. The maximum atomic E-state index is 12.2. The summed E-state index contributed by atoms with van der Waals surface area (Å²) >= 11 is 0. The van der Waals surface area contributed by atoms with Crippen molar-refractivity contribution in [2.24, 2.45) is 0 Å². The Labute approximate surface area is 189 Å². The predicted octanol–water partition coefficient (Wildman–Crippen LogP) is 2.79. The van der Waals surface area contributed by atoms with Crippen LogP contribution in [-0.4, -0.2) is 61.6 Å².